The van der Waals surface area contributed by atoms with Crippen molar-refractivity contribution in [3.8, 4) is 5.75 Å². The molecule has 1 N–H and O–H groups in total. The van der Waals surface area contributed by atoms with Crippen LogP contribution in [0.4, 0.5) is 0 Å². The fourth-order valence-electron chi connectivity index (χ4n) is 1.37. The Morgan fingerprint density at radius 1 is 1.37 bits per heavy atom. The van der Waals surface area contributed by atoms with E-state index in [0.717, 1.165) is 22.0 Å². The van der Waals surface area contributed by atoms with Crippen molar-refractivity contribution in [3.63, 3.8) is 0 Å². The lowest BCUT2D eigenvalue weighted by molar-refractivity contribution is 0.0702. The second-order valence-corrected chi connectivity index (χ2v) is 6.97. The molecule has 0 saturated carbocycles. The van der Waals surface area contributed by atoms with Crippen molar-refractivity contribution in [3.05, 3.63) is 32.4 Å². The number of thiophene rings is 1. The monoisotopic (exact) mass is 297 g/mol. The van der Waals surface area contributed by atoms with Gasteiger partial charge in [-0.25, -0.2) is 9.78 Å². The minimum atomic E-state index is -0.927. The molecule has 0 bridgehead atoms. The van der Waals surface area contributed by atoms with Crippen molar-refractivity contribution >= 4 is 28.6 Å². The van der Waals surface area contributed by atoms with Crippen LogP contribution in [0.5, 0.6) is 5.75 Å². The van der Waals surface area contributed by atoms with E-state index < -0.39 is 5.97 Å². The zero-order chi connectivity index (χ0) is 14.0. The molecular formula is C13H15NO3S2. The number of aromatic nitrogens is 1. The van der Waals surface area contributed by atoms with Gasteiger partial charge in [-0.05, 0) is 0 Å². The average Bonchev–Trinajstić information content (AvgIpc) is 2.95. The maximum Gasteiger partial charge on any atom is 0.346 e. The van der Waals surface area contributed by atoms with Crippen molar-refractivity contribution < 1.29 is 14.6 Å². The second kappa shape index (κ2) is 5.30. The zero-order valence-electron chi connectivity index (χ0n) is 11.0. The summed E-state index contributed by atoms with van der Waals surface area (Å²) in [6, 6.07) is 1.53. The maximum atomic E-state index is 10.7. The number of ether oxygens (including phenoxy) is 1. The Kier molecular flexibility index (Phi) is 3.91. The molecule has 4 nitrogen and oxygen atoms in total. The topological polar surface area (TPSA) is 59.4 Å². The molecule has 6 heteroatoms. The predicted octanol–water partition coefficient (Wildman–Crippen LogP) is 3.78. The van der Waals surface area contributed by atoms with E-state index in [1.165, 1.54) is 6.07 Å². The van der Waals surface area contributed by atoms with Crippen LogP contribution in [0.25, 0.3) is 0 Å². The van der Waals surface area contributed by atoms with Crippen LogP contribution in [-0.2, 0) is 12.0 Å². The summed E-state index contributed by atoms with van der Waals surface area (Å²) in [4.78, 5) is 15.5. The van der Waals surface area contributed by atoms with E-state index in [0.29, 0.717) is 12.4 Å². The number of thiazole rings is 1. The largest absolute Gasteiger partial charge is 0.486 e. The summed E-state index contributed by atoms with van der Waals surface area (Å²) in [5, 5.41) is 13.4. The molecule has 19 heavy (non-hydrogen) atoms. The molecule has 102 valence electrons. The molecule has 0 aliphatic heterocycles. The van der Waals surface area contributed by atoms with Gasteiger partial charge in [0.15, 0.2) is 0 Å². The molecule has 0 radical (unpaired) electrons. The molecule has 2 heterocycles. The quantitative estimate of drug-likeness (QED) is 0.933. The number of aromatic carboxylic acids is 1. The van der Waals surface area contributed by atoms with Crippen LogP contribution >= 0.6 is 22.7 Å². The summed E-state index contributed by atoms with van der Waals surface area (Å²) in [6.07, 6.45) is 0. The summed E-state index contributed by atoms with van der Waals surface area (Å²) in [6.45, 7) is 6.72. The van der Waals surface area contributed by atoms with Gasteiger partial charge in [0.05, 0.1) is 5.69 Å². The van der Waals surface area contributed by atoms with Crippen LogP contribution < -0.4 is 4.74 Å². The molecule has 2 aromatic rings. The highest BCUT2D eigenvalue weighted by molar-refractivity contribution is 7.12. The molecular weight excluding hydrogens is 282 g/mol. The molecule has 0 aliphatic carbocycles. The number of nitrogens with zero attached hydrogens (tertiary/aromatic N) is 1. The summed E-state index contributed by atoms with van der Waals surface area (Å²) >= 11 is 2.72. The van der Waals surface area contributed by atoms with Gasteiger partial charge in [0.1, 0.15) is 22.2 Å². The first-order valence-electron chi connectivity index (χ1n) is 5.76. The number of hydrogen-bond acceptors (Lipinski definition) is 5. The minimum Gasteiger partial charge on any atom is -0.486 e. The third kappa shape index (κ3) is 3.54. The number of carboxylic acids is 1. The maximum absolute atomic E-state index is 10.7. The number of carboxylic acid groups (broad SMARTS) is 1. The Morgan fingerprint density at radius 3 is 2.63 bits per heavy atom. The third-order valence-electron chi connectivity index (χ3n) is 2.47. The second-order valence-electron chi connectivity index (χ2n) is 5.12. The van der Waals surface area contributed by atoms with Gasteiger partial charge < -0.3 is 9.84 Å². The van der Waals surface area contributed by atoms with Gasteiger partial charge in [0, 0.05) is 22.2 Å². The fourth-order valence-corrected chi connectivity index (χ4v) is 2.97. The van der Waals surface area contributed by atoms with Crippen LogP contribution in [0, 0.1) is 0 Å². The first kappa shape index (κ1) is 14.0. The first-order chi connectivity index (χ1) is 8.86. The number of hydrogen-bond donors (Lipinski definition) is 1. The highest BCUT2D eigenvalue weighted by atomic mass is 32.1. The lowest BCUT2D eigenvalue weighted by atomic mass is 9.93. The van der Waals surface area contributed by atoms with E-state index in [1.54, 1.807) is 16.7 Å². The molecule has 2 aromatic heterocycles. The van der Waals surface area contributed by atoms with Gasteiger partial charge in [0.25, 0.3) is 0 Å². The summed E-state index contributed by atoms with van der Waals surface area (Å²) in [7, 11) is 0. The molecule has 2 rings (SSSR count). The van der Waals surface area contributed by atoms with Gasteiger partial charge in [-0.3, -0.25) is 0 Å². The SMILES string of the molecule is CC(C)(C)c1csc(COc2csc(C(=O)O)c2)n1. The van der Waals surface area contributed by atoms with Crippen LogP contribution in [0.1, 0.15) is 41.1 Å². The normalized spacial score (nSPS) is 11.5. The zero-order valence-corrected chi connectivity index (χ0v) is 12.6. The molecule has 0 saturated heterocycles. The Labute approximate surface area is 119 Å². The van der Waals surface area contributed by atoms with Crippen LogP contribution in [0.2, 0.25) is 0 Å². The summed E-state index contributed by atoms with van der Waals surface area (Å²) in [5.74, 6) is -0.348. The van der Waals surface area contributed by atoms with E-state index in [-0.39, 0.29) is 10.3 Å². The van der Waals surface area contributed by atoms with Crippen molar-refractivity contribution in [1.29, 1.82) is 0 Å². The molecule has 0 spiro atoms. The van der Waals surface area contributed by atoms with Gasteiger partial charge in [0.2, 0.25) is 0 Å². The molecule has 0 aromatic carbocycles. The molecule has 0 fully saturated rings. The average molecular weight is 297 g/mol. The molecule has 0 amide bonds. The van der Waals surface area contributed by atoms with Gasteiger partial charge in [-0.2, -0.15) is 0 Å². The van der Waals surface area contributed by atoms with Crippen molar-refractivity contribution in [1.82, 2.24) is 4.98 Å². The third-order valence-corrected chi connectivity index (χ3v) is 4.19. The number of carbonyl (C=O) groups is 1. The predicted molar refractivity (Wildman–Crippen MR) is 76.4 cm³/mol. The highest BCUT2D eigenvalue weighted by Crippen LogP contribution is 2.26. The van der Waals surface area contributed by atoms with Crippen LogP contribution in [-0.4, -0.2) is 16.1 Å². The summed E-state index contributed by atoms with van der Waals surface area (Å²) < 4.78 is 5.54. The van der Waals surface area contributed by atoms with Gasteiger partial charge in [-0.15, -0.1) is 22.7 Å². The van der Waals surface area contributed by atoms with Crippen LogP contribution in [0.15, 0.2) is 16.8 Å². The van der Waals surface area contributed by atoms with E-state index in [4.69, 9.17) is 9.84 Å². The molecule has 0 aliphatic rings. The summed E-state index contributed by atoms with van der Waals surface area (Å²) in [5.41, 5.74) is 1.08. The van der Waals surface area contributed by atoms with Crippen molar-refractivity contribution in [2.75, 3.05) is 0 Å². The molecule has 0 unspecified atom stereocenters. The Balaban J connectivity index is 1.98. The van der Waals surface area contributed by atoms with Gasteiger partial charge in [-0.1, -0.05) is 20.8 Å². The smallest absolute Gasteiger partial charge is 0.346 e. The Bertz CT molecular complexity index is 581. The number of rotatable bonds is 4. The van der Waals surface area contributed by atoms with E-state index >= 15 is 0 Å². The highest BCUT2D eigenvalue weighted by Gasteiger charge is 2.17. The van der Waals surface area contributed by atoms with Crippen molar-refractivity contribution in [2.45, 2.75) is 32.8 Å². The van der Waals surface area contributed by atoms with Crippen LogP contribution in [0.3, 0.4) is 0 Å². The molecule has 0 atom stereocenters. The lowest BCUT2D eigenvalue weighted by Gasteiger charge is -2.14. The van der Waals surface area contributed by atoms with E-state index in [2.05, 4.69) is 25.8 Å². The van der Waals surface area contributed by atoms with E-state index in [1.807, 2.05) is 5.38 Å². The van der Waals surface area contributed by atoms with E-state index in [9.17, 15) is 4.79 Å². The lowest BCUT2D eigenvalue weighted by Crippen LogP contribution is -2.11. The standard InChI is InChI=1S/C13H15NO3S2/c1-13(2,3)10-7-19-11(14-10)5-17-8-4-9(12(15)16)18-6-8/h4,6-7H,5H2,1-3H3,(H,15,16). The Morgan fingerprint density at radius 2 is 2.11 bits per heavy atom. The Hall–Kier alpha value is -1.40. The minimum absolute atomic E-state index is 0.0353. The first-order valence-corrected chi connectivity index (χ1v) is 7.51. The fraction of sp³-hybridized carbons (Fsp3) is 0.385. The van der Waals surface area contributed by atoms with Gasteiger partial charge >= 0.3 is 5.97 Å². The van der Waals surface area contributed by atoms with Crippen molar-refractivity contribution in [2.24, 2.45) is 0 Å².